The Morgan fingerprint density at radius 2 is 1.85 bits per heavy atom. The van der Waals surface area contributed by atoms with Crippen LogP contribution >= 0.6 is 0 Å². The van der Waals surface area contributed by atoms with Gasteiger partial charge in [0.25, 0.3) is 0 Å². The first-order chi connectivity index (χ1) is 15.6. The van der Waals surface area contributed by atoms with E-state index in [1.54, 1.807) is 11.8 Å². The van der Waals surface area contributed by atoms with Crippen LogP contribution in [0.3, 0.4) is 0 Å². The molecule has 0 aromatic carbocycles. The number of carbonyl (C=O) groups is 2. The zero-order valence-corrected chi connectivity index (χ0v) is 17.6. The highest BCUT2D eigenvalue weighted by Gasteiger charge is 2.43. The van der Waals surface area contributed by atoms with Gasteiger partial charge in [-0.05, 0) is 6.92 Å². The number of hydrogen-bond donors (Lipinski definition) is 1. The van der Waals surface area contributed by atoms with Gasteiger partial charge in [-0.25, -0.2) is 9.59 Å². The van der Waals surface area contributed by atoms with Crippen LogP contribution < -0.4 is 26.3 Å². The van der Waals surface area contributed by atoms with Gasteiger partial charge in [-0.1, -0.05) is 10.7 Å². The number of hydrogen-bond acceptors (Lipinski definition) is 9. The first-order valence-corrected chi connectivity index (χ1v) is 9.57. The quantitative estimate of drug-likeness (QED) is 0.408. The van der Waals surface area contributed by atoms with E-state index in [0.29, 0.717) is 30.7 Å². The SMILES string of the molecule is CC#CCn1c(N2CCNCC2)nc2c1c(=O)n(OC(=O)C(F)(F)F)c(=O)n2CC(=O)OC. The van der Waals surface area contributed by atoms with Crippen molar-refractivity contribution in [3.63, 3.8) is 0 Å². The van der Waals surface area contributed by atoms with E-state index in [1.165, 1.54) is 4.57 Å². The molecule has 1 saturated heterocycles. The van der Waals surface area contributed by atoms with Crippen molar-refractivity contribution in [2.45, 2.75) is 26.2 Å². The second-order valence-electron chi connectivity index (χ2n) is 6.75. The van der Waals surface area contributed by atoms with E-state index < -0.39 is 35.9 Å². The van der Waals surface area contributed by atoms with Gasteiger partial charge in [0.15, 0.2) is 11.2 Å². The van der Waals surface area contributed by atoms with Crippen LogP contribution in [0.25, 0.3) is 11.2 Å². The van der Waals surface area contributed by atoms with Crippen LogP contribution in [0, 0.1) is 11.8 Å². The Morgan fingerprint density at radius 3 is 2.42 bits per heavy atom. The third kappa shape index (κ3) is 4.70. The molecule has 0 aliphatic carbocycles. The van der Waals surface area contributed by atoms with Crippen molar-refractivity contribution in [2.24, 2.45) is 0 Å². The Labute approximate surface area is 183 Å². The highest BCUT2D eigenvalue weighted by Crippen LogP contribution is 2.21. The number of imidazole rings is 1. The lowest BCUT2D eigenvalue weighted by Crippen LogP contribution is -2.49. The minimum absolute atomic E-state index is 0.106. The molecular weight excluding hydrogens is 453 g/mol. The second kappa shape index (κ2) is 9.36. The van der Waals surface area contributed by atoms with Gasteiger partial charge in [-0.2, -0.15) is 18.2 Å². The molecule has 0 atom stereocenters. The van der Waals surface area contributed by atoms with Crippen LogP contribution in [0.4, 0.5) is 19.1 Å². The second-order valence-corrected chi connectivity index (χ2v) is 6.75. The van der Waals surface area contributed by atoms with Crippen molar-refractivity contribution in [1.29, 1.82) is 0 Å². The summed E-state index contributed by atoms with van der Waals surface area (Å²) in [6.07, 6.45) is -5.48. The van der Waals surface area contributed by atoms with Crippen LogP contribution in [-0.2, 0) is 27.4 Å². The monoisotopic (exact) mass is 472 g/mol. The van der Waals surface area contributed by atoms with Gasteiger partial charge in [0.2, 0.25) is 5.95 Å². The third-order valence-corrected chi connectivity index (χ3v) is 4.71. The molecular formula is C18H19F3N6O6. The van der Waals surface area contributed by atoms with E-state index in [-0.39, 0.29) is 28.4 Å². The number of fused-ring (bicyclic) bond motifs is 1. The minimum Gasteiger partial charge on any atom is -0.468 e. The van der Waals surface area contributed by atoms with E-state index in [2.05, 4.69) is 31.7 Å². The molecule has 33 heavy (non-hydrogen) atoms. The van der Waals surface area contributed by atoms with Crippen LogP contribution in [0.1, 0.15) is 6.92 Å². The lowest BCUT2D eigenvalue weighted by molar-refractivity contribution is -0.200. The number of ether oxygens (including phenoxy) is 1. The maximum absolute atomic E-state index is 13.0. The number of aromatic nitrogens is 4. The molecule has 1 aliphatic heterocycles. The number of carbonyl (C=O) groups excluding carboxylic acids is 2. The van der Waals surface area contributed by atoms with E-state index in [0.717, 1.165) is 7.11 Å². The molecule has 1 fully saturated rings. The predicted octanol–water partition coefficient (Wildman–Crippen LogP) is -1.52. The molecule has 2 aromatic rings. The van der Waals surface area contributed by atoms with Gasteiger partial charge >= 0.3 is 29.4 Å². The number of nitrogens with one attached hydrogen (secondary N) is 1. The average molecular weight is 472 g/mol. The molecule has 3 rings (SSSR count). The molecule has 1 N–H and O–H groups in total. The van der Waals surface area contributed by atoms with Crippen molar-refractivity contribution < 1.29 is 32.3 Å². The third-order valence-electron chi connectivity index (χ3n) is 4.71. The largest absolute Gasteiger partial charge is 0.493 e. The molecule has 0 radical (unpaired) electrons. The number of rotatable bonds is 5. The summed E-state index contributed by atoms with van der Waals surface area (Å²) in [5.41, 5.74) is -3.53. The highest BCUT2D eigenvalue weighted by molar-refractivity contribution is 5.78. The highest BCUT2D eigenvalue weighted by atomic mass is 19.4. The predicted molar refractivity (Wildman–Crippen MR) is 106 cm³/mol. The number of methoxy groups -OCH3 is 1. The summed E-state index contributed by atoms with van der Waals surface area (Å²) in [5, 5.41) is 3.14. The van der Waals surface area contributed by atoms with Crippen molar-refractivity contribution in [1.82, 2.24) is 24.2 Å². The fourth-order valence-corrected chi connectivity index (χ4v) is 3.18. The Hall–Kier alpha value is -3.80. The average Bonchev–Trinajstić information content (AvgIpc) is 3.17. The van der Waals surface area contributed by atoms with Crippen LogP contribution in [0.5, 0.6) is 0 Å². The van der Waals surface area contributed by atoms with Crippen molar-refractivity contribution in [3.8, 4) is 11.8 Å². The summed E-state index contributed by atoms with van der Waals surface area (Å²) in [7, 11) is 1.03. The number of alkyl halides is 3. The molecule has 0 saturated carbocycles. The zero-order chi connectivity index (χ0) is 24.3. The fraction of sp³-hybridized carbons (Fsp3) is 0.500. The summed E-state index contributed by atoms with van der Waals surface area (Å²) in [6, 6.07) is 0. The first-order valence-electron chi connectivity index (χ1n) is 9.57. The summed E-state index contributed by atoms with van der Waals surface area (Å²) in [6.45, 7) is 2.76. The molecule has 2 aromatic heterocycles. The van der Waals surface area contributed by atoms with E-state index >= 15 is 0 Å². The fourth-order valence-electron chi connectivity index (χ4n) is 3.18. The maximum Gasteiger partial charge on any atom is 0.493 e. The molecule has 0 spiro atoms. The lowest BCUT2D eigenvalue weighted by Gasteiger charge is -2.28. The van der Waals surface area contributed by atoms with Crippen molar-refractivity contribution in [3.05, 3.63) is 20.8 Å². The Balaban J connectivity index is 2.35. The van der Waals surface area contributed by atoms with Crippen LogP contribution in [0.2, 0.25) is 0 Å². The Bertz CT molecular complexity index is 1260. The van der Waals surface area contributed by atoms with E-state index in [4.69, 9.17) is 0 Å². The van der Waals surface area contributed by atoms with Gasteiger partial charge < -0.3 is 19.8 Å². The summed E-state index contributed by atoms with van der Waals surface area (Å²) in [4.78, 5) is 59.3. The Morgan fingerprint density at radius 1 is 1.18 bits per heavy atom. The molecule has 178 valence electrons. The van der Waals surface area contributed by atoms with Gasteiger partial charge in [-0.3, -0.25) is 18.7 Å². The lowest BCUT2D eigenvalue weighted by atomic mass is 10.4. The Kier molecular flexibility index (Phi) is 6.77. The van der Waals surface area contributed by atoms with Gasteiger partial charge in [0, 0.05) is 26.2 Å². The van der Waals surface area contributed by atoms with E-state index in [9.17, 15) is 32.3 Å². The zero-order valence-electron chi connectivity index (χ0n) is 17.6. The number of piperazine rings is 1. The van der Waals surface area contributed by atoms with Gasteiger partial charge in [0.05, 0.1) is 13.7 Å². The molecule has 15 heteroatoms. The summed E-state index contributed by atoms with van der Waals surface area (Å²) < 4.78 is 44.3. The van der Waals surface area contributed by atoms with Crippen molar-refractivity contribution in [2.75, 3.05) is 38.2 Å². The van der Waals surface area contributed by atoms with Crippen LogP contribution in [0.15, 0.2) is 9.59 Å². The molecule has 12 nitrogen and oxygen atoms in total. The normalized spacial score (nSPS) is 14.0. The standard InChI is InChI=1S/C18H19F3N6O6/c1-3-4-7-25-12-13(23-16(25)24-8-5-22-6-9-24)26(10-11(28)32-2)17(31)27(14(12)29)33-15(30)18(19,20)21/h22H,5-10H2,1-2H3. The number of anilines is 1. The topological polar surface area (TPSA) is 130 Å². The first kappa shape index (κ1) is 23.9. The van der Waals surface area contributed by atoms with E-state index in [1.807, 2.05) is 0 Å². The smallest absolute Gasteiger partial charge is 0.468 e. The molecule has 0 unspecified atom stereocenters. The number of halogens is 3. The maximum atomic E-state index is 13.0. The number of nitrogens with zero attached hydrogens (tertiary/aromatic N) is 5. The summed E-state index contributed by atoms with van der Waals surface area (Å²) in [5.74, 6) is 1.86. The van der Waals surface area contributed by atoms with Crippen molar-refractivity contribution >= 4 is 29.1 Å². The molecule has 1 aliphatic rings. The summed E-state index contributed by atoms with van der Waals surface area (Å²) >= 11 is 0. The molecule has 0 bridgehead atoms. The molecule has 3 heterocycles. The minimum atomic E-state index is -5.48. The molecule has 0 amide bonds. The van der Waals surface area contributed by atoms with Gasteiger partial charge in [-0.15, -0.1) is 5.92 Å². The van der Waals surface area contributed by atoms with Crippen LogP contribution in [-0.4, -0.2) is 70.3 Å². The number of esters is 1. The van der Waals surface area contributed by atoms with Gasteiger partial charge in [0.1, 0.15) is 6.54 Å².